The van der Waals surface area contributed by atoms with Crippen LogP contribution in [-0.2, 0) is 17.8 Å². The lowest BCUT2D eigenvalue weighted by Crippen LogP contribution is -2.38. The van der Waals surface area contributed by atoms with Gasteiger partial charge in [-0.25, -0.2) is 0 Å². The Kier molecular flexibility index (Phi) is 3.41. The molecule has 0 spiro atoms. The van der Waals surface area contributed by atoms with Gasteiger partial charge in [-0.2, -0.15) is 5.10 Å². The summed E-state index contributed by atoms with van der Waals surface area (Å²) >= 11 is 0. The highest BCUT2D eigenvalue weighted by atomic mass is 16.2. The van der Waals surface area contributed by atoms with Gasteiger partial charge >= 0.3 is 0 Å². The molecule has 0 unspecified atom stereocenters. The number of fused-ring (bicyclic) bond motifs is 5. The van der Waals surface area contributed by atoms with Gasteiger partial charge in [0.05, 0.1) is 5.69 Å². The first-order valence-electron chi connectivity index (χ1n) is 10.9. The van der Waals surface area contributed by atoms with Crippen LogP contribution >= 0.6 is 0 Å². The molecule has 0 N–H and O–H groups in total. The van der Waals surface area contributed by atoms with Crippen LogP contribution in [0.2, 0.25) is 0 Å². The minimum atomic E-state index is 0.318. The van der Waals surface area contributed by atoms with Crippen LogP contribution in [0.15, 0.2) is 0 Å². The molecule has 27 heavy (non-hydrogen) atoms. The van der Waals surface area contributed by atoms with E-state index < -0.39 is 0 Å². The second kappa shape index (κ2) is 5.18. The van der Waals surface area contributed by atoms with Gasteiger partial charge in [-0.1, -0.05) is 34.6 Å². The number of hydrogen-bond acceptors (Lipinski definition) is 2. The summed E-state index contributed by atoms with van der Waals surface area (Å²) in [7, 11) is 0. The second-order valence-electron chi connectivity index (χ2n) is 11.8. The van der Waals surface area contributed by atoms with Crippen LogP contribution in [0.3, 0.4) is 0 Å². The Bertz CT molecular complexity index is 820. The number of rotatable bonds is 3. The van der Waals surface area contributed by atoms with E-state index >= 15 is 0 Å². The van der Waals surface area contributed by atoms with Crippen molar-refractivity contribution in [3.8, 4) is 0 Å². The largest absolute Gasteiger partial charge is 0.339 e. The highest BCUT2D eigenvalue weighted by Gasteiger charge is 2.63. The molecule has 5 rings (SSSR count). The zero-order valence-electron chi connectivity index (χ0n) is 17.9. The van der Waals surface area contributed by atoms with E-state index in [0.717, 1.165) is 31.8 Å². The van der Waals surface area contributed by atoms with Gasteiger partial charge in [0.2, 0.25) is 5.91 Å². The lowest BCUT2D eigenvalue weighted by molar-refractivity contribution is -0.132. The molecule has 4 atom stereocenters. The molecule has 2 bridgehead atoms. The lowest BCUT2D eigenvalue weighted by atomic mass is 9.65. The predicted octanol–water partition coefficient (Wildman–Crippen LogP) is 4.30. The summed E-state index contributed by atoms with van der Waals surface area (Å²) in [5.74, 6) is 1.84. The maximum absolute atomic E-state index is 13.1. The van der Waals surface area contributed by atoms with E-state index in [9.17, 15) is 4.79 Å². The molecule has 3 fully saturated rings. The molecule has 1 aliphatic heterocycles. The van der Waals surface area contributed by atoms with Gasteiger partial charge in [0.1, 0.15) is 0 Å². The van der Waals surface area contributed by atoms with Gasteiger partial charge in [0.25, 0.3) is 0 Å². The van der Waals surface area contributed by atoms with Gasteiger partial charge in [-0.3, -0.25) is 9.48 Å². The van der Waals surface area contributed by atoms with Crippen molar-refractivity contribution >= 4 is 5.91 Å². The van der Waals surface area contributed by atoms with Gasteiger partial charge < -0.3 is 4.90 Å². The molecule has 4 aliphatic rings. The lowest BCUT2D eigenvalue weighted by Gasteiger charge is -2.39. The number of carbonyl (C=O) groups is 1. The van der Waals surface area contributed by atoms with E-state index in [1.165, 1.54) is 29.8 Å². The summed E-state index contributed by atoms with van der Waals surface area (Å²) in [6, 6.07) is 0.449. The molecule has 148 valence electrons. The number of aryl methyl sites for hydroxylation is 2. The summed E-state index contributed by atoms with van der Waals surface area (Å²) in [4.78, 5) is 15.3. The summed E-state index contributed by atoms with van der Waals surface area (Å²) in [5, 5.41) is 4.82. The predicted molar refractivity (Wildman–Crippen MR) is 107 cm³/mol. The van der Waals surface area contributed by atoms with Gasteiger partial charge in [-0.05, 0) is 60.7 Å². The Morgan fingerprint density at radius 3 is 2.67 bits per heavy atom. The molecular weight excluding hydrogens is 334 g/mol. The number of aromatic nitrogens is 2. The van der Waals surface area contributed by atoms with Crippen LogP contribution in [0.5, 0.6) is 0 Å². The fourth-order valence-corrected chi connectivity index (χ4v) is 7.45. The van der Waals surface area contributed by atoms with Crippen molar-refractivity contribution in [3.05, 3.63) is 17.0 Å². The van der Waals surface area contributed by atoms with Crippen molar-refractivity contribution in [3.63, 3.8) is 0 Å². The molecular formula is C23H35N3O. The smallest absolute Gasteiger partial charge is 0.224 e. The van der Waals surface area contributed by atoms with E-state index in [0.29, 0.717) is 40.5 Å². The number of carbonyl (C=O) groups excluding carboxylic acids is 1. The Morgan fingerprint density at radius 2 is 1.93 bits per heavy atom. The quantitative estimate of drug-likeness (QED) is 0.796. The highest BCUT2D eigenvalue weighted by molar-refractivity contribution is 5.77. The number of amides is 1. The van der Waals surface area contributed by atoms with Crippen LogP contribution < -0.4 is 0 Å². The molecule has 1 aromatic rings. The first-order valence-corrected chi connectivity index (χ1v) is 10.9. The summed E-state index contributed by atoms with van der Waals surface area (Å²) in [6.07, 6.45) is 5.34. The van der Waals surface area contributed by atoms with Crippen molar-refractivity contribution in [2.45, 2.75) is 92.2 Å². The minimum Gasteiger partial charge on any atom is -0.339 e. The van der Waals surface area contributed by atoms with Crippen LogP contribution in [0, 0.1) is 29.1 Å². The molecule has 3 aliphatic carbocycles. The third-order valence-corrected chi connectivity index (χ3v) is 8.33. The molecule has 0 aromatic carbocycles. The third kappa shape index (κ3) is 2.54. The molecule has 4 nitrogen and oxygen atoms in total. The molecule has 4 heteroatoms. The zero-order valence-corrected chi connectivity index (χ0v) is 17.9. The number of nitrogens with zero attached hydrogens (tertiary/aromatic N) is 3. The summed E-state index contributed by atoms with van der Waals surface area (Å²) < 4.78 is 2.17. The van der Waals surface area contributed by atoms with Gasteiger partial charge in [0.15, 0.2) is 0 Å². The Hall–Kier alpha value is -1.32. The third-order valence-electron chi connectivity index (χ3n) is 8.33. The average molecular weight is 370 g/mol. The standard InChI is InChI=1S/C23H35N3O/c1-14-19-17(9-16-20(19)22(16,4)5)26(24-14)8-7-18(27)25-13-23(6)11-15(25)10-21(2,3)12-23/h15-16,20H,7-13H2,1-6H3/t15-,16-,20-,23-/m1/s1. The SMILES string of the molecule is Cc1nn(CCC(=O)N2C[C@]3(C)C[C@H]2CC(C)(C)C3)c2c1[C@H]1[C@@H](C2)C1(C)C. The minimum absolute atomic E-state index is 0.318. The maximum Gasteiger partial charge on any atom is 0.224 e. The first kappa shape index (κ1) is 17.8. The van der Waals surface area contributed by atoms with Crippen molar-refractivity contribution in [1.29, 1.82) is 0 Å². The fraction of sp³-hybridized carbons (Fsp3) is 0.826. The summed E-state index contributed by atoms with van der Waals surface area (Å²) in [6.45, 7) is 15.7. The molecule has 1 aromatic heterocycles. The molecule has 1 amide bonds. The van der Waals surface area contributed by atoms with Crippen molar-refractivity contribution < 1.29 is 4.79 Å². The van der Waals surface area contributed by atoms with Crippen LogP contribution in [-0.4, -0.2) is 33.2 Å². The van der Waals surface area contributed by atoms with E-state index in [4.69, 9.17) is 5.10 Å². The number of hydrogen-bond donors (Lipinski definition) is 0. The summed E-state index contributed by atoms with van der Waals surface area (Å²) in [5.41, 5.74) is 5.25. The molecule has 2 heterocycles. The highest BCUT2D eigenvalue weighted by Crippen LogP contribution is 2.70. The monoisotopic (exact) mass is 369 g/mol. The van der Waals surface area contributed by atoms with Crippen LogP contribution in [0.1, 0.15) is 83.2 Å². The fourth-order valence-electron chi connectivity index (χ4n) is 7.45. The van der Waals surface area contributed by atoms with E-state index in [2.05, 4.69) is 51.1 Å². The van der Waals surface area contributed by atoms with E-state index in [1.807, 2.05) is 0 Å². The average Bonchev–Trinajstić information content (AvgIpc) is 2.90. The van der Waals surface area contributed by atoms with Gasteiger partial charge in [0, 0.05) is 36.8 Å². The Morgan fingerprint density at radius 1 is 1.19 bits per heavy atom. The van der Waals surface area contributed by atoms with E-state index in [1.54, 1.807) is 0 Å². The Labute approximate surface area is 163 Å². The maximum atomic E-state index is 13.1. The second-order valence-corrected chi connectivity index (χ2v) is 11.8. The topological polar surface area (TPSA) is 38.1 Å². The molecule has 0 radical (unpaired) electrons. The van der Waals surface area contributed by atoms with Crippen molar-refractivity contribution in [2.75, 3.05) is 6.54 Å². The van der Waals surface area contributed by atoms with E-state index in [-0.39, 0.29) is 0 Å². The number of likely N-dealkylation sites (tertiary alicyclic amines) is 1. The van der Waals surface area contributed by atoms with Crippen LogP contribution in [0.25, 0.3) is 0 Å². The first-order chi connectivity index (χ1) is 12.5. The van der Waals surface area contributed by atoms with Gasteiger partial charge in [-0.15, -0.1) is 0 Å². The normalized spacial score (nSPS) is 37.3. The van der Waals surface area contributed by atoms with Crippen molar-refractivity contribution in [2.24, 2.45) is 22.2 Å². The Balaban J connectivity index is 1.28. The molecule has 2 saturated carbocycles. The van der Waals surface area contributed by atoms with Crippen molar-refractivity contribution in [1.82, 2.24) is 14.7 Å². The van der Waals surface area contributed by atoms with Crippen LogP contribution in [0.4, 0.5) is 0 Å². The molecule has 1 saturated heterocycles. The zero-order chi connectivity index (χ0) is 19.4.